The quantitative estimate of drug-likeness (QED) is 0.422. The van der Waals surface area contributed by atoms with Crippen LogP contribution in [0.25, 0.3) is 0 Å². The SMILES string of the molecule is CCCCCCCC1(O)OC1(O)CO. The van der Waals surface area contributed by atoms with Crippen LogP contribution in [0, 0.1) is 0 Å². The minimum atomic E-state index is -1.70. The molecule has 0 aromatic heterocycles. The van der Waals surface area contributed by atoms with E-state index in [2.05, 4.69) is 6.92 Å². The average Bonchev–Trinajstić information content (AvgIpc) is 2.70. The van der Waals surface area contributed by atoms with E-state index < -0.39 is 18.2 Å². The highest BCUT2D eigenvalue weighted by molar-refractivity contribution is 4.99. The van der Waals surface area contributed by atoms with E-state index in [1.54, 1.807) is 0 Å². The molecule has 0 aromatic carbocycles. The Morgan fingerprint density at radius 3 is 2.14 bits per heavy atom. The number of aliphatic hydroxyl groups is 3. The van der Waals surface area contributed by atoms with Gasteiger partial charge < -0.3 is 20.1 Å². The molecule has 3 N–H and O–H groups in total. The molecule has 0 radical (unpaired) electrons. The van der Waals surface area contributed by atoms with Gasteiger partial charge in [-0.05, 0) is 6.42 Å². The second kappa shape index (κ2) is 4.57. The van der Waals surface area contributed by atoms with Gasteiger partial charge in [-0.2, -0.15) is 0 Å². The molecule has 0 spiro atoms. The van der Waals surface area contributed by atoms with Crippen molar-refractivity contribution in [2.45, 2.75) is 57.0 Å². The molecule has 0 saturated carbocycles. The average molecular weight is 204 g/mol. The zero-order valence-electron chi connectivity index (χ0n) is 8.70. The van der Waals surface area contributed by atoms with Gasteiger partial charge in [0.2, 0.25) is 11.6 Å². The highest BCUT2D eigenvalue weighted by atomic mass is 16.8. The Kier molecular flexibility index (Phi) is 3.89. The van der Waals surface area contributed by atoms with E-state index in [0.717, 1.165) is 19.3 Å². The zero-order chi connectivity index (χ0) is 10.7. The lowest BCUT2D eigenvalue weighted by atomic mass is 10.0. The molecule has 0 aliphatic carbocycles. The van der Waals surface area contributed by atoms with Gasteiger partial charge in [0.1, 0.15) is 6.61 Å². The molecule has 2 unspecified atom stereocenters. The summed E-state index contributed by atoms with van der Waals surface area (Å²) in [4.78, 5) is 0. The summed E-state index contributed by atoms with van der Waals surface area (Å²) < 4.78 is 4.71. The zero-order valence-corrected chi connectivity index (χ0v) is 8.70. The highest BCUT2D eigenvalue weighted by Crippen LogP contribution is 2.46. The second-order valence-corrected chi connectivity index (χ2v) is 3.99. The number of hydrogen-bond donors (Lipinski definition) is 3. The van der Waals surface area contributed by atoms with Crippen molar-refractivity contribution in [1.29, 1.82) is 0 Å². The van der Waals surface area contributed by atoms with Crippen LogP contribution in [0.4, 0.5) is 0 Å². The lowest BCUT2D eigenvalue weighted by molar-refractivity contribution is -0.0245. The molecule has 1 saturated heterocycles. The maximum atomic E-state index is 9.57. The van der Waals surface area contributed by atoms with Crippen molar-refractivity contribution in [3.05, 3.63) is 0 Å². The lowest BCUT2D eigenvalue weighted by Crippen LogP contribution is -2.29. The van der Waals surface area contributed by atoms with E-state index in [1.165, 1.54) is 12.8 Å². The third kappa shape index (κ3) is 2.45. The Morgan fingerprint density at radius 2 is 1.64 bits per heavy atom. The molecular formula is C10H20O4. The van der Waals surface area contributed by atoms with Crippen molar-refractivity contribution in [1.82, 2.24) is 0 Å². The smallest absolute Gasteiger partial charge is 0.247 e. The normalized spacial score (nSPS) is 36.0. The molecule has 1 fully saturated rings. The summed E-state index contributed by atoms with van der Waals surface area (Å²) in [5.74, 6) is -3.19. The van der Waals surface area contributed by atoms with Crippen LogP contribution in [0.1, 0.15) is 45.4 Å². The molecule has 14 heavy (non-hydrogen) atoms. The summed E-state index contributed by atoms with van der Waals surface area (Å²) in [5, 5.41) is 27.6. The molecule has 0 aromatic rings. The van der Waals surface area contributed by atoms with Crippen LogP contribution in [0.2, 0.25) is 0 Å². The number of unbranched alkanes of at least 4 members (excludes halogenated alkanes) is 4. The fourth-order valence-electron chi connectivity index (χ4n) is 1.62. The summed E-state index contributed by atoms with van der Waals surface area (Å²) >= 11 is 0. The molecular weight excluding hydrogens is 184 g/mol. The fraction of sp³-hybridized carbons (Fsp3) is 1.00. The topological polar surface area (TPSA) is 73.2 Å². The van der Waals surface area contributed by atoms with Crippen LogP contribution in [0.15, 0.2) is 0 Å². The van der Waals surface area contributed by atoms with Crippen molar-refractivity contribution in [3.63, 3.8) is 0 Å². The van der Waals surface area contributed by atoms with Gasteiger partial charge >= 0.3 is 0 Å². The first-order valence-corrected chi connectivity index (χ1v) is 5.34. The van der Waals surface area contributed by atoms with E-state index in [0.29, 0.717) is 6.42 Å². The van der Waals surface area contributed by atoms with Gasteiger partial charge in [0, 0.05) is 6.42 Å². The summed E-state index contributed by atoms with van der Waals surface area (Å²) in [6.07, 6.45) is 5.77. The van der Waals surface area contributed by atoms with Gasteiger partial charge in [-0.25, -0.2) is 0 Å². The van der Waals surface area contributed by atoms with Crippen LogP contribution in [0.5, 0.6) is 0 Å². The standard InChI is InChI=1S/C10H20O4/c1-2-3-4-5-6-7-9(12)10(13,8-11)14-9/h11-13H,2-8H2,1H3. The van der Waals surface area contributed by atoms with Crippen LogP contribution in [-0.4, -0.2) is 33.5 Å². The summed E-state index contributed by atoms with van der Waals surface area (Å²) in [6.45, 7) is 1.60. The van der Waals surface area contributed by atoms with Gasteiger partial charge in [0.25, 0.3) is 0 Å². The Labute approximate surface area is 84.5 Å². The van der Waals surface area contributed by atoms with Gasteiger partial charge in [-0.3, -0.25) is 0 Å². The molecule has 1 heterocycles. The van der Waals surface area contributed by atoms with E-state index in [4.69, 9.17) is 9.84 Å². The summed E-state index contributed by atoms with van der Waals surface area (Å²) in [5.41, 5.74) is 0. The van der Waals surface area contributed by atoms with Gasteiger partial charge in [-0.15, -0.1) is 0 Å². The van der Waals surface area contributed by atoms with Gasteiger partial charge in [-0.1, -0.05) is 32.6 Å². The molecule has 2 atom stereocenters. The summed E-state index contributed by atoms with van der Waals surface area (Å²) in [6, 6.07) is 0. The molecule has 84 valence electrons. The number of hydrogen-bond acceptors (Lipinski definition) is 4. The minimum Gasteiger partial charge on any atom is -0.391 e. The molecule has 4 heteroatoms. The molecule has 1 rings (SSSR count). The highest BCUT2D eigenvalue weighted by Gasteiger charge is 2.68. The maximum Gasteiger partial charge on any atom is 0.247 e. The maximum absolute atomic E-state index is 9.57. The second-order valence-electron chi connectivity index (χ2n) is 3.99. The third-order valence-electron chi connectivity index (χ3n) is 2.74. The fourth-order valence-corrected chi connectivity index (χ4v) is 1.62. The third-order valence-corrected chi connectivity index (χ3v) is 2.74. The van der Waals surface area contributed by atoms with Crippen molar-refractivity contribution in [3.8, 4) is 0 Å². The van der Waals surface area contributed by atoms with Gasteiger partial charge in [0.05, 0.1) is 0 Å². The molecule has 1 aliphatic rings. The van der Waals surface area contributed by atoms with Crippen LogP contribution in [0.3, 0.4) is 0 Å². The largest absolute Gasteiger partial charge is 0.391 e. The number of rotatable bonds is 7. The lowest BCUT2D eigenvalue weighted by Gasteiger charge is -2.07. The van der Waals surface area contributed by atoms with Crippen molar-refractivity contribution in [2.24, 2.45) is 0 Å². The summed E-state index contributed by atoms with van der Waals surface area (Å²) in [7, 11) is 0. The number of ether oxygens (including phenoxy) is 1. The van der Waals surface area contributed by atoms with Crippen molar-refractivity contribution >= 4 is 0 Å². The Hall–Kier alpha value is -0.160. The van der Waals surface area contributed by atoms with Crippen LogP contribution in [-0.2, 0) is 4.74 Å². The Bertz CT molecular complexity index is 185. The minimum absolute atomic E-state index is 0.397. The Balaban J connectivity index is 2.08. The van der Waals surface area contributed by atoms with Crippen LogP contribution < -0.4 is 0 Å². The first-order valence-electron chi connectivity index (χ1n) is 5.34. The molecule has 0 amide bonds. The molecule has 4 nitrogen and oxygen atoms in total. The Morgan fingerprint density at radius 1 is 1.00 bits per heavy atom. The monoisotopic (exact) mass is 204 g/mol. The van der Waals surface area contributed by atoms with Gasteiger partial charge in [0.15, 0.2) is 0 Å². The number of epoxide rings is 1. The molecule has 0 bridgehead atoms. The van der Waals surface area contributed by atoms with E-state index in [1.807, 2.05) is 0 Å². The first kappa shape index (κ1) is 11.9. The van der Waals surface area contributed by atoms with E-state index in [9.17, 15) is 10.2 Å². The van der Waals surface area contributed by atoms with Crippen molar-refractivity contribution < 1.29 is 20.1 Å². The molecule has 1 aliphatic heterocycles. The van der Waals surface area contributed by atoms with E-state index in [-0.39, 0.29) is 0 Å². The van der Waals surface area contributed by atoms with Crippen molar-refractivity contribution in [2.75, 3.05) is 6.61 Å². The van der Waals surface area contributed by atoms with Crippen LogP contribution >= 0.6 is 0 Å². The predicted molar refractivity (Wildman–Crippen MR) is 51.4 cm³/mol. The van der Waals surface area contributed by atoms with E-state index >= 15 is 0 Å². The predicted octanol–water partition coefficient (Wildman–Crippen LogP) is 0.747. The number of aliphatic hydroxyl groups excluding tert-OH is 1. The first-order chi connectivity index (χ1) is 6.58.